The largest absolute Gasteiger partial charge is 0.376 e. The summed E-state index contributed by atoms with van der Waals surface area (Å²) in [7, 11) is 2.13. The van der Waals surface area contributed by atoms with Crippen molar-refractivity contribution in [3.63, 3.8) is 0 Å². The molecule has 5 nitrogen and oxygen atoms in total. The van der Waals surface area contributed by atoms with Crippen molar-refractivity contribution >= 4 is 11.8 Å². The Kier molecular flexibility index (Phi) is 6.64. The van der Waals surface area contributed by atoms with E-state index in [9.17, 15) is 0 Å². The minimum absolute atomic E-state index is 0.284. The highest BCUT2D eigenvalue weighted by molar-refractivity contribution is 7.98. The molecule has 1 fully saturated rings. The summed E-state index contributed by atoms with van der Waals surface area (Å²) in [6.07, 6.45) is 4.61. The number of benzene rings is 2. The van der Waals surface area contributed by atoms with Crippen LogP contribution in [-0.2, 0) is 24.4 Å². The van der Waals surface area contributed by atoms with Gasteiger partial charge in [-0.3, -0.25) is 4.90 Å². The van der Waals surface area contributed by atoms with Crippen LogP contribution in [0.3, 0.4) is 0 Å². The van der Waals surface area contributed by atoms with Crippen molar-refractivity contribution < 1.29 is 4.74 Å². The first-order chi connectivity index (χ1) is 14.2. The minimum atomic E-state index is 0.284. The topological polar surface area (TPSA) is 43.2 Å². The lowest BCUT2D eigenvalue weighted by Gasteiger charge is -2.19. The molecule has 0 saturated carbocycles. The highest BCUT2D eigenvalue weighted by Gasteiger charge is 2.21. The smallest absolute Gasteiger partial charge is 0.191 e. The summed E-state index contributed by atoms with van der Waals surface area (Å²) in [5, 5.41) is 9.80. The van der Waals surface area contributed by atoms with E-state index in [4.69, 9.17) is 4.74 Å². The van der Waals surface area contributed by atoms with Crippen molar-refractivity contribution in [2.75, 3.05) is 19.9 Å². The van der Waals surface area contributed by atoms with E-state index in [1.807, 2.05) is 6.07 Å². The third-order valence-corrected chi connectivity index (χ3v) is 5.98. The third kappa shape index (κ3) is 5.07. The van der Waals surface area contributed by atoms with Gasteiger partial charge in [0.2, 0.25) is 0 Å². The molecule has 152 valence electrons. The van der Waals surface area contributed by atoms with E-state index in [0.29, 0.717) is 0 Å². The van der Waals surface area contributed by atoms with E-state index in [0.717, 1.165) is 50.1 Å². The summed E-state index contributed by atoms with van der Waals surface area (Å²) >= 11 is 1.65. The van der Waals surface area contributed by atoms with Gasteiger partial charge < -0.3 is 9.30 Å². The zero-order valence-electron chi connectivity index (χ0n) is 17.1. The van der Waals surface area contributed by atoms with Gasteiger partial charge in [0.25, 0.3) is 0 Å². The van der Waals surface area contributed by atoms with E-state index < -0.39 is 0 Å². The van der Waals surface area contributed by atoms with Crippen LogP contribution in [-0.4, -0.2) is 45.7 Å². The summed E-state index contributed by atoms with van der Waals surface area (Å²) in [4.78, 5) is 2.29. The van der Waals surface area contributed by atoms with Crippen molar-refractivity contribution in [3.05, 3.63) is 66.0 Å². The molecule has 1 aliphatic heterocycles. The minimum Gasteiger partial charge on any atom is -0.376 e. The Balaban J connectivity index is 1.40. The summed E-state index contributed by atoms with van der Waals surface area (Å²) in [6.45, 7) is 3.35. The number of hydrogen-bond donors (Lipinski definition) is 0. The van der Waals surface area contributed by atoms with Gasteiger partial charge in [-0.05, 0) is 42.8 Å². The molecule has 1 saturated heterocycles. The van der Waals surface area contributed by atoms with Gasteiger partial charge in [-0.15, -0.1) is 10.2 Å². The zero-order chi connectivity index (χ0) is 20.1. The first kappa shape index (κ1) is 20.1. The van der Waals surface area contributed by atoms with Crippen LogP contribution < -0.4 is 0 Å². The van der Waals surface area contributed by atoms with Crippen molar-refractivity contribution in [2.45, 2.75) is 43.7 Å². The van der Waals surface area contributed by atoms with E-state index in [1.165, 1.54) is 16.7 Å². The summed E-state index contributed by atoms with van der Waals surface area (Å²) in [6, 6.07) is 19.3. The van der Waals surface area contributed by atoms with Gasteiger partial charge in [0.05, 0.1) is 19.2 Å². The predicted octanol–water partition coefficient (Wildman–Crippen LogP) is 4.48. The van der Waals surface area contributed by atoms with Crippen LogP contribution in [0.15, 0.2) is 59.8 Å². The van der Waals surface area contributed by atoms with Crippen LogP contribution in [0.4, 0.5) is 0 Å². The predicted molar refractivity (Wildman–Crippen MR) is 118 cm³/mol. The fraction of sp³-hybridized carbons (Fsp3) is 0.391. The number of ether oxygens (including phenoxy) is 1. The van der Waals surface area contributed by atoms with Crippen molar-refractivity contribution in [1.82, 2.24) is 19.7 Å². The van der Waals surface area contributed by atoms with Crippen LogP contribution >= 0.6 is 11.8 Å². The lowest BCUT2D eigenvalue weighted by Crippen LogP contribution is -2.23. The quantitative estimate of drug-likeness (QED) is 0.514. The highest BCUT2D eigenvalue weighted by Crippen LogP contribution is 2.22. The average Bonchev–Trinajstić information content (AvgIpc) is 3.40. The lowest BCUT2D eigenvalue weighted by atomic mass is 10.0. The second-order valence-electron chi connectivity index (χ2n) is 7.58. The number of thioether (sulfide) groups is 1. The molecule has 2 heterocycles. The van der Waals surface area contributed by atoms with Crippen LogP contribution in [0.25, 0.3) is 11.1 Å². The first-order valence-electron chi connectivity index (χ1n) is 10.1. The van der Waals surface area contributed by atoms with Crippen molar-refractivity contribution in [3.8, 4) is 11.1 Å². The van der Waals surface area contributed by atoms with Gasteiger partial charge >= 0.3 is 0 Å². The fourth-order valence-electron chi connectivity index (χ4n) is 3.80. The van der Waals surface area contributed by atoms with E-state index in [1.54, 1.807) is 11.8 Å². The standard InChI is InChI=1S/C23H28N4OS/c1-26(15-18-10-12-20(13-11-18)19-7-4-3-5-8-19)17-22-24-25-23(29-2)27(22)16-21-9-6-14-28-21/h3-5,7-8,10-13,21H,6,9,14-17H2,1-2H3/t21-/m1/s1. The van der Waals surface area contributed by atoms with Crippen LogP contribution in [0.5, 0.6) is 0 Å². The maximum Gasteiger partial charge on any atom is 0.191 e. The Hall–Kier alpha value is -2.15. The maximum atomic E-state index is 5.83. The molecule has 0 radical (unpaired) electrons. The summed E-state index contributed by atoms with van der Waals surface area (Å²) in [5.41, 5.74) is 3.79. The highest BCUT2D eigenvalue weighted by atomic mass is 32.2. The molecule has 1 aliphatic rings. The third-order valence-electron chi connectivity index (χ3n) is 5.31. The molecule has 4 rings (SSSR count). The average molecular weight is 409 g/mol. The SMILES string of the molecule is CSc1nnc(CN(C)Cc2ccc(-c3ccccc3)cc2)n1C[C@H]1CCCO1. The first-order valence-corrected chi connectivity index (χ1v) is 11.4. The molecule has 3 aromatic rings. The van der Waals surface area contributed by atoms with Crippen LogP contribution in [0.2, 0.25) is 0 Å². The lowest BCUT2D eigenvalue weighted by molar-refractivity contribution is 0.0934. The molecular formula is C23H28N4OS. The van der Waals surface area contributed by atoms with Crippen molar-refractivity contribution in [1.29, 1.82) is 0 Å². The number of hydrogen-bond acceptors (Lipinski definition) is 5. The van der Waals surface area contributed by atoms with Gasteiger partial charge in [0, 0.05) is 13.2 Å². The maximum absolute atomic E-state index is 5.83. The summed E-state index contributed by atoms with van der Waals surface area (Å²) < 4.78 is 8.06. The van der Waals surface area contributed by atoms with E-state index in [-0.39, 0.29) is 6.10 Å². The number of rotatable bonds is 8. The molecule has 1 atom stereocenters. The molecule has 0 aliphatic carbocycles. The Morgan fingerprint density at radius 3 is 2.48 bits per heavy atom. The molecule has 0 amide bonds. The molecular weight excluding hydrogens is 380 g/mol. The van der Waals surface area contributed by atoms with Crippen LogP contribution in [0, 0.1) is 0 Å². The second kappa shape index (κ2) is 9.57. The monoisotopic (exact) mass is 408 g/mol. The van der Waals surface area contributed by atoms with Gasteiger partial charge in [-0.1, -0.05) is 66.4 Å². The van der Waals surface area contributed by atoms with E-state index >= 15 is 0 Å². The molecule has 6 heteroatoms. The molecule has 0 spiro atoms. The number of aromatic nitrogens is 3. The Morgan fingerprint density at radius 1 is 1.03 bits per heavy atom. The van der Waals surface area contributed by atoms with Gasteiger partial charge in [0.15, 0.2) is 5.16 Å². The molecule has 0 unspecified atom stereocenters. The fourth-order valence-corrected chi connectivity index (χ4v) is 4.33. The molecule has 29 heavy (non-hydrogen) atoms. The zero-order valence-corrected chi connectivity index (χ0v) is 17.9. The normalized spacial score (nSPS) is 16.6. The van der Waals surface area contributed by atoms with Gasteiger partial charge in [-0.25, -0.2) is 0 Å². The van der Waals surface area contributed by atoms with Gasteiger partial charge in [-0.2, -0.15) is 0 Å². The molecule has 1 aromatic heterocycles. The number of nitrogens with zero attached hydrogens (tertiary/aromatic N) is 4. The van der Waals surface area contributed by atoms with Crippen LogP contribution in [0.1, 0.15) is 24.2 Å². The van der Waals surface area contributed by atoms with Gasteiger partial charge in [0.1, 0.15) is 5.82 Å². The molecule has 0 bridgehead atoms. The second-order valence-corrected chi connectivity index (χ2v) is 8.36. The molecule has 0 N–H and O–H groups in total. The molecule has 2 aromatic carbocycles. The van der Waals surface area contributed by atoms with Crippen molar-refractivity contribution in [2.24, 2.45) is 0 Å². The van der Waals surface area contributed by atoms with E-state index in [2.05, 4.69) is 81.5 Å². The Morgan fingerprint density at radius 2 is 1.79 bits per heavy atom. The Labute approximate surface area is 177 Å². The summed E-state index contributed by atoms with van der Waals surface area (Å²) in [5.74, 6) is 1.01. The Bertz CT molecular complexity index is 904.